The van der Waals surface area contributed by atoms with Crippen molar-refractivity contribution in [2.24, 2.45) is 5.41 Å². The van der Waals surface area contributed by atoms with Crippen LogP contribution in [0.1, 0.15) is 56.2 Å². The van der Waals surface area contributed by atoms with E-state index < -0.39 is 11.3 Å². The summed E-state index contributed by atoms with van der Waals surface area (Å²) in [6, 6.07) is 3.13. The van der Waals surface area contributed by atoms with Gasteiger partial charge in [0.1, 0.15) is 5.75 Å². The zero-order valence-electron chi connectivity index (χ0n) is 11.9. The van der Waals surface area contributed by atoms with E-state index >= 15 is 0 Å². The lowest BCUT2D eigenvalue weighted by molar-refractivity contribution is -0.114. The number of phenolic OH excluding ortho intramolecular Hbond substituents is 1. The number of benzene rings is 1. The molecule has 1 spiro atoms. The minimum absolute atomic E-state index is 0.0362. The third-order valence-electron chi connectivity index (χ3n) is 4.55. The smallest absolute Gasteiger partial charge is 0.279 e. The van der Waals surface area contributed by atoms with Crippen molar-refractivity contribution in [3.05, 3.63) is 28.8 Å². The van der Waals surface area contributed by atoms with Gasteiger partial charge >= 0.3 is 0 Å². The lowest BCUT2D eigenvalue weighted by atomic mass is 9.80. The molecule has 1 aromatic rings. The molecule has 1 N–H and O–H groups in total. The first-order chi connectivity index (χ1) is 8.98. The van der Waals surface area contributed by atoms with E-state index in [-0.39, 0.29) is 11.3 Å². The molecule has 2 aliphatic carbocycles. The highest BCUT2D eigenvalue weighted by Crippen LogP contribution is 2.63. The van der Waals surface area contributed by atoms with Crippen molar-refractivity contribution in [1.82, 2.24) is 0 Å². The first-order valence-corrected chi connectivity index (χ1v) is 7.18. The van der Waals surface area contributed by atoms with Crippen molar-refractivity contribution >= 4 is 0 Å². The molecule has 0 heterocycles. The molecule has 2 aliphatic rings. The van der Waals surface area contributed by atoms with Crippen LogP contribution in [0.5, 0.6) is 5.75 Å². The highest BCUT2D eigenvalue weighted by Gasteiger charge is 2.61. The molecule has 0 radical (unpaired) electrons. The number of aromatic hydroxyl groups is 1. The van der Waals surface area contributed by atoms with Gasteiger partial charge in [0.05, 0.1) is 0 Å². The van der Waals surface area contributed by atoms with Crippen molar-refractivity contribution in [1.29, 1.82) is 0 Å². The molecule has 1 nitrogen and oxygen atoms in total. The van der Waals surface area contributed by atoms with E-state index in [1.165, 1.54) is 6.07 Å². The summed E-state index contributed by atoms with van der Waals surface area (Å²) in [4.78, 5) is 0. The second-order valence-corrected chi connectivity index (χ2v) is 5.49. The quantitative estimate of drug-likeness (QED) is 0.707. The molecule has 0 bridgehead atoms. The van der Waals surface area contributed by atoms with Crippen molar-refractivity contribution in [2.75, 3.05) is 0 Å². The normalized spacial score (nSPS) is 21.9. The van der Waals surface area contributed by atoms with E-state index in [1.807, 2.05) is 13.8 Å². The highest BCUT2D eigenvalue weighted by atomic mass is 19.3. The minimum atomic E-state index is -2.78. The molecule has 0 aromatic heterocycles. The van der Waals surface area contributed by atoms with Crippen LogP contribution in [0.3, 0.4) is 0 Å². The first kappa shape index (κ1) is 14.3. The van der Waals surface area contributed by atoms with Crippen LogP contribution in [-0.2, 0) is 12.3 Å². The van der Waals surface area contributed by atoms with Gasteiger partial charge in [-0.2, -0.15) is 0 Å². The Morgan fingerprint density at radius 1 is 1.11 bits per heavy atom. The Morgan fingerprint density at radius 3 is 2.21 bits per heavy atom. The number of fused-ring (bicyclic) bond motifs is 1. The molecule has 0 unspecified atom stereocenters. The van der Waals surface area contributed by atoms with E-state index in [2.05, 4.69) is 0 Å². The monoisotopic (exact) mass is 268 g/mol. The average Bonchev–Trinajstić information content (AvgIpc) is 2.94. The molecule has 0 aliphatic heterocycles. The molecule has 0 atom stereocenters. The summed E-state index contributed by atoms with van der Waals surface area (Å²) in [5.41, 5.74) is 0.265. The molecular formula is C16H22F2O. The van der Waals surface area contributed by atoms with Gasteiger partial charge in [0.15, 0.2) is 0 Å². The summed E-state index contributed by atoms with van der Waals surface area (Å²) in [5.74, 6) is -2.74. The fourth-order valence-corrected chi connectivity index (χ4v) is 3.63. The van der Waals surface area contributed by atoms with Gasteiger partial charge in [-0.3, -0.25) is 0 Å². The maximum Gasteiger partial charge on any atom is 0.279 e. The van der Waals surface area contributed by atoms with E-state index in [0.717, 1.165) is 12.8 Å². The Kier molecular flexibility index (Phi) is 3.59. The van der Waals surface area contributed by atoms with Gasteiger partial charge in [-0.25, -0.2) is 8.78 Å². The standard InChI is InChI=1S/C14H16F2O.C2H6/c1-9-4-5-11(17)10-8-13(6-2-3-7-13)14(15,16)12(9)10;1-2/h4-5,17H,2-3,6-8H2,1H3;1-2H3. The Balaban J connectivity index is 0.000000637. The van der Waals surface area contributed by atoms with E-state index in [9.17, 15) is 13.9 Å². The van der Waals surface area contributed by atoms with Gasteiger partial charge in [0.2, 0.25) is 0 Å². The molecule has 3 rings (SSSR count). The Hall–Kier alpha value is -1.12. The van der Waals surface area contributed by atoms with Crippen molar-refractivity contribution < 1.29 is 13.9 Å². The Labute approximate surface area is 113 Å². The SMILES string of the molecule is CC.Cc1ccc(O)c2c1C(F)(F)C1(CCCC1)C2. The fraction of sp³-hybridized carbons (Fsp3) is 0.625. The maximum atomic E-state index is 14.6. The van der Waals surface area contributed by atoms with E-state index in [1.54, 1.807) is 13.0 Å². The van der Waals surface area contributed by atoms with Gasteiger partial charge < -0.3 is 5.11 Å². The summed E-state index contributed by atoms with van der Waals surface area (Å²) >= 11 is 0. The van der Waals surface area contributed by atoms with E-state index in [4.69, 9.17) is 0 Å². The first-order valence-electron chi connectivity index (χ1n) is 7.18. The number of rotatable bonds is 0. The second kappa shape index (κ2) is 4.77. The number of alkyl halides is 2. The van der Waals surface area contributed by atoms with E-state index in [0.29, 0.717) is 30.4 Å². The van der Waals surface area contributed by atoms with Crippen LogP contribution < -0.4 is 0 Å². The molecule has 1 aromatic carbocycles. The summed E-state index contributed by atoms with van der Waals surface area (Å²) in [7, 11) is 0. The molecule has 19 heavy (non-hydrogen) atoms. The topological polar surface area (TPSA) is 20.2 Å². The number of aryl methyl sites for hydroxylation is 1. The average molecular weight is 268 g/mol. The predicted octanol–water partition coefficient (Wildman–Crippen LogP) is 4.94. The Bertz CT molecular complexity index is 474. The molecule has 3 heteroatoms. The lowest BCUT2D eigenvalue weighted by Gasteiger charge is -2.31. The molecule has 0 amide bonds. The molecule has 1 fully saturated rings. The number of phenols is 1. The van der Waals surface area contributed by atoms with Crippen LogP contribution >= 0.6 is 0 Å². The molecule has 106 valence electrons. The van der Waals surface area contributed by atoms with Crippen molar-refractivity contribution in [3.63, 3.8) is 0 Å². The van der Waals surface area contributed by atoms with Crippen LogP contribution in [-0.4, -0.2) is 5.11 Å². The molecular weight excluding hydrogens is 246 g/mol. The third kappa shape index (κ3) is 1.86. The molecule has 0 saturated heterocycles. The van der Waals surface area contributed by atoms with Crippen molar-refractivity contribution in [3.8, 4) is 5.75 Å². The van der Waals surface area contributed by atoms with Gasteiger partial charge in [-0.1, -0.05) is 32.8 Å². The van der Waals surface area contributed by atoms with Crippen LogP contribution in [0, 0.1) is 12.3 Å². The van der Waals surface area contributed by atoms with Crippen molar-refractivity contribution in [2.45, 2.75) is 58.8 Å². The van der Waals surface area contributed by atoms with Gasteiger partial charge in [-0.15, -0.1) is 0 Å². The summed E-state index contributed by atoms with van der Waals surface area (Å²) in [6.07, 6.45) is 3.25. The van der Waals surface area contributed by atoms with Gasteiger partial charge in [-0.05, 0) is 37.8 Å². The lowest BCUT2D eigenvalue weighted by Crippen LogP contribution is -2.33. The van der Waals surface area contributed by atoms with Crippen LogP contribution in [0.25, 0.3) is 0 Å². The minimum Gasteiger partial charge on any atom is -0.508 e. The van der Waals surface area contributed by atoms with Gasteiger partial charge in [0.25, 0.3) is 5.92 Å². The zero-order chi connectivity index (χ0) is 14.3. The zero-order valence-corrected chi connectivity index (χ0v) is 11.9. The summed E-state index contributed by atoms with van der Waals surface area (Å²) < 4.78 is 29.3. The maximum absolute atomic E-state index is 14.6. The summed E-state index contributed by atoms with van der Waals surface area (Å²) in [6.45, 7) is 5.71. The van der Waals surface area contributed by atoms with Gasteiger partial charge in [0, 0.05) is 16.5 Å². The summed E-state index contributed by atoms with van der Waals surface area (Å²) in [5, 5.41) is 9.80. The predicted molar refractivity (Wildman–Crippen MR) is 72.7 cm³/mol. The fourth-order valence-electron chi connectivity index (χ4n) is 3.63. The number of hydrogen-bond donors (Lipinski definition) is 1. The number of hydrogen-bond acceptors (Lipinski definition) is 1. The highest BCUT2D eigenvalue weighted by molar-refractivity contribution is 5.51. The van der Waals surface area contributed by atoms with Crippen LogP contribution in [0.15, 0.2) is 12.1 Å². The largest absolute Gasteiger partial charge is 0.508 e. The van der Waals surface area contributed by atoms with Crippen LogP contribution in [0.2, 0.25) is 0 Å². The number of halogens is 2. The molecule has 1 saturated carbocycles. The third-order valence-corrected chi connectivity index (χ3v) is 4.55. The van der Waals surface area contributed by atoms with Crippen LogP contribution in [0.4, 0.5) is 8.78 Å². The Morgan fingerprint density at radius 2 is 1.68 bits per heavy atom. The second-order valence-electron chi connectivity index (χ2n) is 5.49.